The molecule has 1 aliphatic heterocycles. The largest absolute Gasteiger partial charge is 0.492 e. The summed E-state index contributed by atoms with van der Waals surface area (Å²) in [5.74, 6) is 0.695. The van der Waals surface area contributed by atoms with Crippen molar-refractivity contribution in [3.8, 4) is 5.75 Å². The predicted octanol–water partition coefficient (Wildman–Crippen LogP) is 2.07. The van der Waals surface area contributed by atoms with E-state index in [4.69, 9.17) is 16.3 Å². The Kier molecular flexibility index (Phi) is 7.15. The van der Waals surface area contributed by atoms with Crippen molar-refractivity contribution in [1.82, 2.24) is 10.2 Å². The molecule has 1 aromatic carbocycles. The zero-order chi connectivity index (χ0) is 16.7. The summed E-state index contributed by atoms with van der Waals surface area (Å²) in [5.41, 5.74) is 0. The maximum absolute atomic E-state index is 12.0. The highest BCUT2D eigenvalue weighted by molar-refractivity contribution is 6.30. The number of hydrogen-bond donors (Lipinski definition) is 2. The van der Waals surface area contributed by atoms with Crippen molar-refractivity contribution in [2.75, 3.05) is 26.2 Å². The quantitative estimate of drug-likeness (QED) is 0.711. The van der Waals surface area contributed by atoms with Crippen molar-refractivity contribution in [3.63, 3.8) is 0 Å². The van der Waals surface area contributed by atoms with Crippen LogP contribution in [0.2, 0.25) is 5.02 Å². The number of aliphatic hydroxyl groups excluding tert-OH is 1. The van der Waals surface area contributed by atoms with Crippen LogP contribution in [0.1, 0.15) is 26.2 Å². The van der Waals surface area contributed by atoms with Gasteiger partial charge in [0.15, 0.2) is 0 Å². The molecule has 0 bridgehead atoms. The molecule has 2 rings (SSSR count). The lowest BCUT2D eigenvalue weighted by atomic mass is 10.1. The molecule has 2 unspecified atom stereocenters. The van der Waals surface area contributed by atoms with E-state index in [1.54, 1.807) is 19.1 Å². The number of rotatable bonds is 8. The van der Waals surface area contributed by atoms with Crippen LogP contribution >= 0.6 is 11.6 Å². The molecule has 1 amide bonds. The molecule has 6 heteroatoms. The first kappa shape index (κ1) is 18.0. The van der Waals surface area contributed by atoms with Gasteiger partial charge < -0.3 is 15.2 Å². The number of amides is 1. The van der Waals surface area contributed by atoms with E-state index < -0.39 is 0 Å². The molecule has 1 aliphatic rings. The lowest BCUT2D eigenvalue weighted by Crippen LogP contribution is -2.41. The maximum Gasteiger partial charge on any atom is 0.234 e. The van der Waals surface area contributed by atoms with Crippen molar-refractivity contribution >= 4 is 17.5 Å². The Morgan fingerprint density at radius 3 is 3.13 bits per heavy atom. The number of ether oxygens (including phenoxy) is 1. The number of carbonyl (C=O) groups is 1. The average Bonchev–Trinajstić information content (AvgIpc) is 2.90. The van der Waals surface area contributed by atoms with Crippen molar-refractivity contribution in [2.45, 2.75) is 38.3 Å². The molecule has 1 aromatic rings. The normalized spacial score (nSPS) is 19.5. The Hall–Kier alpha value is -1.30. The molecular weight excluding hydrogens is 316 g/mol. The molecule has 0 radical (unpaired) electrons. The van der Waals surface area contributed by atoms with Gasteiger partial charge in [0.05, 0.1) is 19.2 Å². The van der Waals surface area contributed by atoms with Crippen LogP contribution in [-0.2, 0) is 4.79 Å². The zero-order valence-electron chi connectivity index (χ0n) is 13.5. The summed E-state index contributed by atoms with van der Waals surface area (Å²) in [6, 6.07) is 7.50. The molecule has 0 aliphatic carbocycles. The van der Waals surface area contributed by atoms with Crippen LogP contribution < -0.4 is 10.1 Å². The molecule has 1 saturated heterocycles. The van der Waals surface area contributed by atoms with Gasteiger partial charge in [0.25, 0.3) is 0 Å². The van der Waals surface area contributed by atoms with Crippen molar-refractivity contribution in [1.29, 1.82) is 0 Å². The Labute approximate surface area is 142 Å². The number of likely N-dealkylation sites (tertiary alicyclic amines) is 1. The van der Waals surface area contributed by atoms with Gasteiger partial charge in [-0.05, 0) is 50.9 Å². The second-order valence-electron chi connectivity index (χ2n) is 6.01. The highest BCUT2D eigenvalue weighted by Gasteiger charge is 2.26. The summed E-state index contributed by atoms with van der Waals surface area (Å²) in [7, 11) is 0. The lowest BCUT2D eigenvalue weighted by molar-refractivity contribution is -0.122. The molecule has 1 heterocycles. The first-order chi connectivity index (χ1) is 11.0. The summed E-state index contributed by atoms with van der Waals surface area (Å²) < 4.78 is 5.54. The van der Waals surface area contributed by atoms with Crippen LogP contribution in [0, 0.1) is 0 Å². The van der Waals surface area contributed by atoms with Gasteiger partial charge in [-0.3, -0.25) is 9.69 Å². The summed E-state index contributed by atoms with van der Waals surface area (Å²) in [4.78, 5) is 14.2. The summed E-state index contributed by atoms with van der Waals surface area (Å²) in [6.45, 7) is 3.96. The SMILES string of the molecule is CC(O)CC1CCCN1CC(=O)NCCOc1cccc(Cl)c1. The standard InChI is InChI=1S/C17H25ClN2O3/c1-13(21)10-15-5-3-8-20(15)12-17(22)19-7-9-23-16-6-2-4-14(18)11-16/h2,4,6,11,13,15,21H,3,5,7-10,12H2,1H3,(H,19,22). The van der Waals surface area contributed by atoms with Crippen LogP contribution in [0.4, 0.5) is 0 Å². The van der Waals surface area contributed by atoms with Crippen molar-refractivity contribution < 1.29 is 14.6 Å². The van der Waals surface area contributed by atoms with E-state index in [0.29, 0.717) is 36.5 Å². The number of carbonyl (C=O) groups excluding carboxylic acids is 1. The van der Waals surface area contributed by atoms with Gasteiger partial charge >= 0.3 is 0 Å². The molecular formula is C17H25ClN2O3. The molecule has 128 valence electrons. The topological polar surface area (TPSA) is 61.8 Å². The molecule has 0 spiro atoms. The van der Waals surface area contributed by atoms with Crippen LogP contribution in [0.5, 0.6) is 5.75 Å². The van der Waals surface area contributed by atoms with Gasteiger partial charge in [-0.2, -0.15) is 0 Å². The third-order valence-electron chi connectivity index (χ3n) is 3.95. The Morgan fingerprint density at radius 2 is 2.39 bits per heavy atom. The first-order valence-electron chi connectivity index (χ1n) is 8.12. The Morgan fingerprint density at radius 1 is 1.57 bits per heavy atom. The number of benzene rings is 1. The Bertz CT molecular complexity index is 510. The predicted molar refractivity (Wildman–Crippen MR) is 90.8 cm³/mol. The fourth-order valence-corrected chi connectivity index (χ4v) is 3.10. The van der Waals surface area contributed by atoms with Crippen molar-refractivity contribution in [2.24, 2.45) is 0 Å². The van der Waals surface area contributed by atoms with Gasteiger partial charge in [0.1, 0.15) is 12.4 Å². The number of nitrogens with one attached hydrogen (secondary N) is 1. The summed E-state index contributed by atoms with van der Waals surface area (Å²) >= 11 is 5.88. The average molecular weight is 341 g/mol. The van der Waals surface area contributed by atoms with Crippen LogP contribution in [0.15, 0.2) is 24.3 Å². The van der Waals surface area contributed by atoms with Gasteiger partial charge in [-0.15, -0.1) is 0 Å². The van der Waals surface area contributed by atoms with E-state index in [-0.39, 0.29) is 12.0 Å². The van der Waals surface area contributed by atoms with Crippen LogP contribution in [-0.4, -0.2) is 54.3 Å². The molecule has 0 saturated carbocycles. The van der Waals surface area contributed by atoms with Crippen LogP contribution in [0.25, 0.3) is 0 Å². The maximum atomic E-state index is 12.0. The minimum Gasteiger partial charge on any atom is -0.492 e. The number of aliphatic hydroxyl groups is 1. The third kappa shape index (κ3) is 6.37. The fraction of sp³-hybridized carbons (Fsp3) is 0.588. The van der Waals surface area contributed by atoms with E-state index in [1.807, 2.05) is 12.1 Å². The molecule has 23 heavy (non-hydrogen) atoms. The van der Waals surface area contributed by atoms with Gasteiger partial charge in [-0.1, -0.05) is 17.7 Å². The summed E-state index contributed by atoms with van der Waals surface area (Å²) in [6.07, 6.45) is 2.54. The van der Waals surface area contributed by atoms with Crippen molar-refractivity contribution in [3.05, 3.63) is 29.3 Å². The first-order valence-corrected chi connectivity index (χ1v) is 8.49. The van der Waals surface area contributed by atoms with E-state index in [2.05, 4.69) is 10.2 Å². The fourth-order valence-electron chi connectivity index (χ4n) is 2.92. The molecule has 5 nitrogen and oxygen atoms in total. The zero-order valence-corrected chi connectivity index (χ0v) is 14.3. The minimum absolute atomic E-state index is 0.00260. The molecule has 0 aromatic heterocycles. The van der Waals surface area contributed by atoms with Gasteiger partial charge in [0.2, 0.25) is 5.91 Å². The van der Waals surface area contributed by atoms with Gasteiger partial charge in [0, 0.05) is 11.1 Å². The lowest BCUT2D eigenvalue weighted by Gasteiger charge is -2.24. The summed E-state index contributed by atoms with van der Waals surface area (Å²) in [5, 5.41) is 13.0. The van der Waals surface area contributed by atoms with E-state index in [0.717, 1.165) is 25.8 Å². The molecule has 2 atom stereocenters. The number of nitrogens with zero attached hydrogens (tertiary/aromatic N) is 1. The van der Waals surface area contributed by atoms with Crippen LogP contribution in [0.3, 0.4) is 0 Å². The second kappa shape index (κ2) is 9.11. The number of hydrogen-bond acceptors (Lipinski definition) is 4. The second-order valence-corrected chi connectivity index (χ2v) is 6.44. The number of halogens is 1. The monoisotopic (exact) mass is 340 g/mol. The molecule has 1 fully saturated rings. The van der Waals surface area contributed by atoms with E-state index in [9.17, 15) is 9.90 Å². The Balaban J connectivity index is 1.65. The smallest absolute Gasteiger partial charge is 0.234 e. The highest BCUT2D eigenvalue weighted by atomic mass is 35.5. The van der Waals surface area contributed by atoms with E-state index >= 15 is 0 Å². The molecule has 2 N–H and O–H groups in total. The van der Waals surface area contributed by atoms with Gasteiger partial charge in [-0.25, -0.2) is 0 Å². The minimum atomic E-state index is -0.324. The third-order valence-corrected chi connectivity index (χ3v) is 4.18. The highest BCUT2D eigenvalue weighted by Crippen LogP contribution is 2.20. The van der Waals surface area contributed by atoms with E-state index in [1.165, 1.54) is 0 Å².